The second-order valence-corrected chi connectivity index (χ2v) is 4.84. The highest BCUT2D eigenvalue weighted by Crippen LogP contribution is 2.12. The fraction of sp³-hybridized carbons (Fsp3) is 0.917. The molecule has 4 nitrogen and oxygen atoms in total. The van der Waals surface area contributed by atoms with Crippen LogP contribution in [-0.2, 0) is 4.79 Å². The minimum atomic E-state index is 0.236. The van der Waals surface area contributed by atoms with Crippen molar-refractivity contribution in [3.63, 3.8) is 0 Å². The van der Waals surface area contributed by atoms with Crippen molar-refractivity contribution >= 4 is 5.91 Å². The Hall–Kier alpha value is -0.610. The van der Waals surface area contributed by atoms with Gasteiger partial charge in [0.25, 0.3) is 0 Å². The second-order valence-electron chi connectivity index (χ2n) is 4.84. The van der Waals surface area contributed by atoms with Crippen LogP contribution in [0.15, 0.2) is 0 Å². The van der Waals surface area contributed by atoms with Gasteiger partial charge in [-0.15, -0.1) is 0 Å². The minimum absolute atomic E-state index is 0.236. The van der Waals surface area contributed by atoms with Gasteiger partial charge < -0.3 is 10.2 Å². The first-order chi connectivity index (χ1) is 7.56. The number of rotatable bonds is 4. The Morgan fingerprint density at radius 3 is 2.38 bits per heavy atom. The minimum Gasteiger partial charge on any atom is -0.338 e. The lowest BCUT2D eigenvalue weighted by atomic mass is 10.1. The second kappa shape index (κ2) is 6.21. The highest BCUT2D eigenvalue weighted by atomic mass is 16.2. The maximum Gasteiger partial charge on any atom is 0.236 e. The highest BCUT2D eigenvalue weighted by Gasteiger charge is 2.28. The molecule has 0 spiro atoms. The number of amides is 1. The standard InChI is InChI=1S/C12H25N3O/c1-5-6-13-7-12(16)15-8-10(2)14(4)11(3)9-15/h10-11,13H,5-9H2,1-4H3. The lowest BCUT2D eigenvalue weighted by Crippen LogP contribution is -2.57. The molecule has 1 fully saturated rings. The van der Waals surface area contributed by atoms with E-state index in [1.807, 2.05) is 4.90 Å². The first-order valence-corrected chi connectivity index (χ1v) is 6.26. The van der Waals surface area contributed by atoms with Crippen LogP contribution in [0.5, 0.6) is 0 Å². The van der Waals surface area contributed by atoms with Gasteiger partial charge in [0.1, 0.15) is 0 Å². The SMILES string of the molecule is CCCNCC(=O)N1CC(C)N(C)C(C)C1. The Balaban J connectivity index is 2.39. The van der Waals surface area contributed by atoms with Crippen LogP contribution in [-0.4, -0.2) is 61.0 Å². The predicted molar refractivity (Wildman–Crippen MR) is 66.4 cm³/mol. The third kappa shape index (κ3) is 3.46. The van der Waals surface area contributed by atoms with Gasteiger partial charge in [0.15, 0.2) is 0 Å². The van der Waals surface area contributed by atoms with Gasteiger partial charge in [-0.25, -0.2) is 0 Å². The molecule has 1 amide bonds. The van der Waals surface area contributed by atoms with Crippen molar-refractivity contribution in [3.05, 3.63) is 0 Å². The van der Waals surface area contributed by atoms with Crippen molar-refractivity contribution in [2.45, 2.75) is 39.3 Å². The van der Waals surface area contributed by atoms with E-state index in [2.05, 4.69) is 38.0 Å². The molecule has 0 bridgehead atoms. The third-order valence-corrected chi connectivity index (χ3v) is 3.42. The fourth-order valence-electron chi connectivity index (χ4n) is 2.09. The van der Waals surface area contributed by atoms with Crippen molar-refractivity contribution in [1.29, 1.82) is 0 Å². The first kappa shape index (κ1) is 13.5. The molecule has 1 saturated heterocycles. The van der Waals surface area contributed by atoms with E-state index < -0.39 is 0 Å². The van der Waals surface area contributed by atoms with Crippen LogP contribution in [0.25, 0.3) is 0 Å². The van der Waals surface area contributed by atoms with Crippen LogP contribution < -0.4 is 5.32 Å². The van der Waals surface area contributed by atoms with Crippen LogP contribution in [0.1, 0.15) is 27.2 Å². The topological polar surface area (TPSA) is 35.6 Å². The van der Waals surface area contributed by atoms with Gasteiger partial charge in [0.05, 0.1) is 6.54 Å². The smallest absolute Gasteiger partial charge is 0.236 e. The van der Waals surface area contributed by atoms with E-state index in [9.17, 15) is 4.79 Å². The maximum atomic E-state index is 11.9. The van der Waals surface area contributed by atoms with Gasteiger partial charge >= 0.3 is 0 Å². The Bertz CT molecular complexity index is 220. The van der Waals surface area contributed by atoms with Crippen molar-refractivity contribution in [3.8, 4) is 0 Å². The Labute approximate surface area is 99.0 Å². The molecule has 1 rings (SSSR count). The third-order valence-electron chi connectivity index (χ3n) is 3.42. The molecule has 16 heavy (non-hydrogen) atoms. The first-order valence-electron chi connectivity index (χ1n) is 6.26. The number of hydrogen-bond donors (Lipinski definition) is 1. The normalized spacial score (nSPS) is 27.1. The fourth-order valence-corrected chi connectivity index (χ4v) is 2.09. The summed E-state index contributed by atoms with van der Waals surface area (Å²) in [5.41, 5.74) is 0. The molecule has 1 N–H and O–H groups in total. The largest absolute Gasteiger partial charge is 0.338 e. The summed E-state index contributed by atoms with van der Waals surface area (Å²) in [7, 11) is 2.13. The zero-order valence-corrected chi connectivity index (χ0v) is 11.0. The number of nitrogens with zero attached hydrogens (tertiary/aromatic N) is 2. The molecule has 0 aromatic rings. The Morgan fingerprint density at radius 1 is 1.31 bits per heavy atom. The highest BCUT2D eigenvalue weighted by molar-refractivity contribution is 5.78. The summed E-state index contributed by atoms with van der Waals surface area (Å²) in [6.07, 6.45) is 1.07. The predicted octanol–water partition coefficient (Wildman–Crippen LogP) is 0.537. The molecule has 0 aromatic heterocycles. The van der Waals surface area contributed by atoms with Crippen LogP contribution in [0.2, 0.25) is 0 Å². The van der Waals surface area contributed by atoms with Crippen molar-refractivity contribution in [1.82, 2.24) is 15.1 Å². The van der Waals surface area contributed by atoms with E-state index >= 15 is 0 Å². The molecule has 0 radical (unpaired) electrons. The van der Waals surface area contributed by atoms with Gasteiger partial charge in [-0.3, -0.25) is 9.69 Å². The van der Waals surface area contributed by atoms with Gasteiger partial charge in [0.2, 0.25) is 5.91 Å². The van der Waals surface area contributed by atoms with E-state index in [0.29, 0.717) is 18.6 Å². The van der Waals surface area contributed by atoms with E-state index in [-0.39, 0.29) is 5.91 Å². The number of likely N-dealkylation sites (N-methyl/N-ethyl adjacent to an activating group) is 1. The van der Waals surface area contributed by atoms with Crippen LogP contribution in [0, 0.1) is 0 Å². The van der Waals surface area contributed by atoms with Gasteiger partial charge in [-0.05, 0) is 33.9 Å². The average Bonchev–Trinajstić information content (AvgIpc) is 2.25. The molecule has 94 valence electrons. The number of hydrogen-bond acceptors (Lipinski definition) is 3. The number of piperazine rings is 1. The number of nitrogens with one attached hydrogen (secondary N) is 1. The summed E-state index contributed by atoms with van der Waals surface area (Å²) in [4.78, 5) is 16.2. The van der Waals surface area contributed by atoms with Crippen LogP contribution >= 0.6 is 0 Å². The summed E-state index contributed by atoms with van der Waals surface area (Å²) in [5, 5.41) is 3.17. The molecule has 2 unspecified atom stereocenters. The molecule has 1 aliphatic heterocycles. The molecular formula is C12H25N3O. The van der Waals surface area contributed by atoms with Crippen molar-refractivity contribution in [2.24, 2.45) is 0 Å². The Kier molecular flexibility index (Phi) is 5.22. The lowest BCUT2D eigenvalue weighted by molar-refractivity contribution is -0.134. The monoisotopic (exact) mass is 227 g/mol. The molecule has 2 atom stereocenters. The molecule has 1 aliphatic rings. The number of carbonyl (C=O) groups is 1. The maximum absolute atomic E-state index is 11.9. The molecule has 0 aliphatic carbocycles. The van der Waals surface area contributed by atoms with Crippen LogP contribution in [0.3, 0.4) is 0 Å². The van der Waals surface area contributed by atoms with E-state index in [1.54, 1.807) is 0 Å². The summed E-state index contributed by atoms with van der Waals surface area (Å²) in [5.74, 6) is 0.236. The summed E-state index contributed by atoms with van der Waals surface area (Å²) >= 11 is 0. The van der Waals surface area contributed by atoms with Gasteiger partial charge in [-0.2, -0.15) is 0 Å². The number of carbonyl (C=O) groups excluding carboxylic acids is 1. The Morgan fingerprint density at radius 2 is 1.88 bits per heavy atom. The average molecular weight is 227 g/mol. The summed E-state index contributed by atoms with van der Waals surface area (Å²) in [6.45, 7) is 9.57. The van der Waals surface area contributed by atoms with E-state index in [0.717, 1.165) is 26.1 Å². The van der Waals surface area contributed by atoms with Gasteiger partial charge in [-0.1, -0.05) is 6.92 Å². The molecule has 1 heterocycles. The molecular weight excluding hydrogens is 202 g/mol. The van der Waals surface area contributed by atoms with E-state index in [4.69, 9.17) is 0 Å². The lowest BCUT2D eigenvalue weighted by Gasteiger charge is -2.42. The van der Waals surface area contributed by atoms with Crippen molar-refractivity contribution in [2.75, 3.05) is 33.2 Å². The molecule has 0 saturated carbocycles. The van der Waals surface area contributed by atoms with E-state index in [1.165, 1.54) is 0 Å². The molecule has 4 heteroatoms. The zero-order valence-electron chi connectivity index (χ0n) is 11.0. The zero-order chi connectivity index (χ0) is 12.1. The summed E-state index contributed by atoms with van der Waals surface area (Å²) < 4.78 is 0. The molecule has 0 aromatic carbocycles. The van der Waals surface area contributed by atoms with Crippen LogP contribution in [0.4, 0.5) is 0 Å². The van der Waals surface area contributed by atoms with Gasteiger partial charge in [0, 0.05) is 25.2 Å². The van der Waals surface area contributed by atoms with Crippen molar-refractivity contribution < 1.29 is 4.79 Å². The quantitative estimate of drug-likeness (QED) is 0.712. The summed E-state index contributed by atoms with van der Waals surface area (Å²) in [6, 6.07) is 0.915.